The number of rotatable bonds is 6. The summed E-state index contributed by atoms with van der Waals surface area (Å²) in [6.45, 7) is 4.33. The molecular formula is C10H19F3N2O. The van der Waals surface area contributed by atoms with Crippen LogP contribution in [-0.2, 0) is 4.79 Å². The van der Waals surface area contributed by atoms with Crippen LogP contribution < -0.4 is 5.32 Å². The minimum absolute atomic E-state index is 0.0479. The normalized spacial score (nSPS) is 11.9. The van der Waals surface area contributed by atoms with Crippen molar-refractivity contribution < 1.29 is 18.0 Å². The van der Waals surface area contributed by atoms with Gasteiger partial charge in [-0.25, -0.2) is 0 Å². The minimum atomic E-state index is -4.33. The zero-order valence-corrected chi connectivity index (χ0v) is 9.90. The highest BCUT2D eigenvalue weighted by Gasteiger charge is 2.32. The van der Waals surface area contributed by atoms with Gasteiger partial charge in [-0.05, 0) is 6.42 Å². The zero-order chi connectivity index (χ0) is 12.8. The lowest BCUT2D eigenvalue weighted by Gasteiger charge is -2.24. The van der Waals surface area contributed by atoms with E-state index in [1.54, 1.807) is 6.92 Å². The van der Waals surface area contributed by atoms with Crippen molar-refractivity contribution in [3.8, 4) is 0 Å². The second-order valence-electron chi connectivity index (χ2n) is 3.97. The van der Waals surface area contributed by atoms with Crippen LogP contribution in [-0.4, -0.2) is 42.7 Å². The van der Waals surface area contributed by atoms with Crippen molar-refractivity contribution in [3.63, 3.8) is 0 Å². The Bertz CT molecular complexity index is 217. The number of nitrogens with one attached hydrogen (secondary N) is 1. The molecule has 0 aromatic carbocycles. The summed E-state index contributed by atoms with van der Waals surface area (Å²) in [7, 11) is 0. The molecule has 0 aliphatic carbocycles. The van der Waals surface area contributed by atoms with E-state index in [-0.39, 0.29) is 19.1 Å². The van der Waals surface area contributed by atoms with Crippen molar-refractivity contribution in [2.45, 2.75) is 39.4 Å². The van der Waals surface area contributed by atoms with E-state index >= 15 is 0 Å². The van der Waals surface area contributed by atoms with Crippen LogP contribution in [0.3, 0.4) is 0 Å². The van der Waals surface area contributed by atoms with E-state index in [9.17, 15) is 18.0 Å². The van der Waals surface area contributed by atoms with Crippen LogP contribution >= 0.6 is 0 Å². The van der Waals surface area contributed by atoms with E-state index in [0.717, 1.165) is 4.90 Å². The second kappa shape index (κ2) is 6.73. The van der Waals surface area contributed by atoms with Gasteiger partial charge in [-0.3, -0.25) is 4.79 Å². The van der Waals surface area contributed by atoms with Gasteiger partial charge < -0.3 is 10.2 Å². The molecule has 1 amide bonds. The van der Waals surface area contributed by atoms with Crippen LogP contribution in [0.5, 0.6) is 0 Å². The first kappa shape index (κ1) is 15.2. The highest BCUT2D eigenvalue weighted by atomic mass is 19.4. The summed E-state index contributed by atoms with van der Waals surface area (Å²) in [5, 5.41) is 2.81. The molecular weight excluding hydrogens is 221 g/mol. The fourth-order valence-corrected chi connectivity index (χ4v) is 1.18. The summed E-state index contributed by atoms with van der Waals surface area (Å²) in [5.74, 6) is -0.507. The number of hydrogen-bond acceptors (Lipinski definition) is 2. The number of amides is 1. The highest BCUT2D eigenvalue weighted by molar-refractivity contribution is 5.78. The molecule has 0 rings (SSSR count). The Hall–Kier alpha value is -0.780. The second-order valence-corrected chi connectivity index (χ2v) is 3.97. The van der Waals surface area contributed by atoms with Gasteiger partial charge >= 0.3 is 6.18 Å². The van der Waals surface area contributed by atoms with Gasteiger partial charge in [-0.1, -0.05) is 20.8 Å². The van der Waals surface area contributed by atoms with Gasteiger partial charge in [0.25, 0.3) is 0 Å². The third-order valence-electron chi connectivity index (χ3n) is 1.88. The van der Waals surface area contributed by atoms with Crippen LogP contribution in [0.2, 0.25) is 0 Å². The molecule has 0 heterocycles. The summed E-state index contributed by atoms with van der Waals surface area (Å²) in [5.41, 5.74) is 0. The molecule has 0 aromatic rings. The fourth-order valence-electron chi connectivity index (χ4n) is 1.18. The van der Waals surface area contributed by atoms with Crippen molar-refractivity contribution in [1.82, 2.24) is 10.2 Å². The highest BCUT2D eigenvalue weighted by Crippen LogP contribution is 2.16. The molecule has 0 atom stereocenters. The summed E-state index contributed by atoms with van der Waals surface area (Å²) in [6.07, 6.45) is -3.81. The van der Waals surface area contributed by atoms with Crippen molar-refractivity contribution in [2.24, 2.45) is 0 Å². The molecule has 0 aliphatic rings. The fraction of sp³-hybridized carbons (Fsp3) is 0.900. The molecule has 3 nitrogen and oxygen atoms in total. The number of carbonyl (C=O) groups is 1. The number of carbonyl (C=O) groups excluding carboxylic acids is 1. The van der Waals surface area contributed by atoms with E-state index < -0.39 is 18.6 Å². The molecule has 0 saturated carbocycles. The Morgan fingerprint density at radius 3 is 2.31 bits per heavy atom. The van der Waals surface area contributed by atoms with Crippen LogP contribution in [0, 0.1) is 0 Å². The summed E-state index contributed by atoms with van der Waals surface area (Å²) < 4.78 is 36.5. The van der Waals surface area contributed by atoms with Gasteiger partial charge in [-0.15, -0.1) is 0 Å². The third kappa shape index (κ3) is 7.50. The summed E-state index contributed by atoms with van der Waals surface area (Å²) >= 11 is 0. The van der Waals surface area contributed by atoms with Crippen LogP contribution in [0.4, 0.5) is 13.2 Å². The van der Waals surface area contributed by atoms with Gasteiger partial charge in [0.15, 0.2) is 0 Å². The number of hydrogen-bond donors (Lipinski definition) is 1. The third-order valence-corrected chi connectivity index (χ3v) is 1.88. The molecule has 0 aliphatic heterocycles. The smallest absolute Gasteiger partial charge is 0.332 e. The Kier molecular flexibility index (Phi) is 6.40. The average Bonchev–Trinajstić information content (AvgIpc) is 2.11. The molecule has 0 aromatic heterocycles. The Morgan fingerprint density at radius 1 is 1.38 bits per heavy atom. The molecule has 0 unspecified atom stereocenters. The first-order chi connectivity index (χ1) is 7.26. The maximum atomic E-state index is 12.2. The minimum Gasteiger partial charge on any atom is -0.332 e. The van der Waals surface area contributed by atoms with Gasteiger partial charge in [0.1, 0.15) is 6.54 Å². The maximum Gasteiger partial charge on any atom is 0.406 e. The molecule has 0 fully saturated rings. The SMILES string of the molecule is CCCN(CC(F)(F)F)C(=O)CNC(C)C. The molecule has 1 N–H and O–H groups in total. The van der Waals surface area contributed by atoms with Gasteiger partial charge in [0.05, 0.1) is 6.54 Å². The van der Waals surface area contributed by atoms with Crippen molar-refractivity contribution in [2.75, 3.05) is 19.6 Å². The van der Waals surface area contributed by atoms with Crippen LogP contribution in [0.1, 0.15) is 27.2 Å². The van der Waals surface area contributed by atoms with Gasteiger partial charge in [0.2, 0.25) is 5.91 Å². The van der Waals surface area contributed by atoms with Gasteiger partial charge in [-0.2, -0.15) is 13.2 Å². The lowest BCUT2D eigenvalue weighted by Crippen LogP contribution is -2.44. The van der Waals surface area contributed by atoms with Crippen LogP contribution in [0.15, 0.2) is 0 Å². The molecule has 0 radical (unpaired) electrons. The van der Waals surface area contributed by atoms with E-state index in [1.807, 2.05) is 13.8 Å². The van der Waals surface area contributed by atoms with Crippen molar-refractivity contribution in [3.05, 3.63) is 0 Å². The van der Waals surface area contributed by atoms with E-state index in [0.29, 0.717) is 6.42 Å². The standard InChI is InChI=1S/C10H19F3N2O/c1-4-5-15(7-10(11,12)13)9(16)6-14-8(2)3/h8,14H,4-7H2,1-3H3. The topological polar surface area (TPSA) is 32.3 Å². The van der Waals surface area contributed by atoms with Crippen molar-refractivity contribution >= 4 is 5.91 Å². The van der Waals surface area contributed by atoms with E-state index in [1.165, 1.54) is 0 Å². The molecule has 16 heavy (non-hydrogen) atoms. The quantitative estimate of drug-likeness (QED) is 0.767. The van der Waals surface area contributed by atoms with Crippen LogP contribution in [0.25, 0.3) is 0 Å². The van der Waals surface area contributed by atoms with Gasteiger partial charge in [0, 0.05) is 12.6 Å². The van der Waals surface area contributed by atoms with E-state index in [4.69, 9.17) is 0 Å². The molecule has 0 bridgehead atoms. The Labute approximate surface area is 94.0 Å². The molecule has 0 saturated heterocycles. The Balaban J connectivity index is 4.24. The maximum absolute atomic E-state index is 12.2. The first-order valence-corrected chi connectivity index (χ1v) is 5.34. The first-order valence-electron chi connectivity index (χ1n) is 5.34. The van der Waals surface area contributed by atoms with E-state index in [2.05, 4.69) is 5.32 Å². The predicted molar refractivity (Wildman–Crippen MR) is 56.1 cm³/mol. The molecule has 0 spiro atoms. The van der Waals surface area contributed by atoms with Crippen molar-refractivity contribution in [1.29, 1.82) is 0 Å². The summed E-state index contributed by atoms with van der Waals surface area (Å²) in [6, 6.07) is 0.0818. The Morgan fingerprint density at radius 2 is 1.94 bits per heavy atom. The zero-order valence-electron chi connectivity index (χ0n) is 9.90. The lowest BCUT2D eigenvalue weighted by molar-refractivity contribution is -0.160. The number of alkyl halides is 3. The average molecular weight is 240 g/mol. The largest absolute Gasteiger partial charge is 0.406 e. The monoisotopic (exact) mass is 240 g/mol. The summed E-state index contributed by atoms with van der Waals surface area (Å²) in [4.78, 5) is 12.3. The lowest BCUT2D eigenvalue weighted by atomic mass is 10.3. The predicted octanol–water partition coefficient (Wildman–Crippen LogP) is 1.79. The number of nitrogens with zero attached hydrogens (tertiary/aromatic N) is 1. The number of halogens is 3. The molecule has 6 heteroatoms. The molecule has 96 valence electrons.